The van der Waals surface area contributed by atoms with Crippen molar-refractivity contribution in [3.05, 3.63) is 28.2 Å². The van der Waals surface area contributed by atoms with Gasteiger partial charge in [-0.25, -0.2) is 18.4 Å². The third-order valence-corrected chi connectivity index (χ3v) is 5.34. The molecule has 0 aromatic carbocycles. The third kappa shape index (κ3) is 4.38. The first-order chi connectivity index (χ1) is 10.6. The molecule has 126 valence electrons. The second kappa shape index (κ2) is 6.40. The number of aromatic nitrogens is 2. The molecule has 0 aliphatic heterocycles. The molecule has 1 amide bonds. The van der Waals surface area contributed by atoms with Crippen LogP contribution in [0.25, 0.3) is 0 Å². The molecule has 0 fully saturated rings. The summed E-state index contributed by atoms with van der Waals surface area (Å²) in [7, 11) is -2.12. The van der Waals surface area contributed by atoms with E-state index in [1.54, 1.807) is 5.38 Å². The summed E-state index contributed by atoms with van der Waals surface area (Å²) in [6, 6.07) is 0. The van der Waals surface area contributed by atoms with Crippen LogP contribution in [0.5, 0.6) is 0 Å². The standard InChI is InChI=1S/C14H19N3O4S2/c1-14(2,3)13-16-6-12(21-13)23(19,20)8-9-7-22-11(17-9)5-10(18)15-4/h6-7H,5,8H2,1-4H3,(H,15,18). The molecule has 0 aliphatic carbocycles. The highest BCUT2D eigenvalue weighted by Gasteiger charge is 2.26. The molecule has 2 aromatic heterocycles. The predicted octanol–water partition coefficient (Wildman–Crippen LogP) is 1.69. The minimum Gasteiger partial charge on any atom is -0.429 e. The monoisotopic (exact) mass is 357 g/mol. The molecule has 0 aliphatic rings. The molecule has 0 saturated heterocycles. The molecular weight excluding hydrogens is 338 g/mol. The number of nitrogens with one attached hydrogen (secondary N) is 1. The summed E-state index contributed by atoms with van der Waals surface area (Å²) in [5.41, 5.74) is 0.0253. The first-order valence-corrected chi connectivity index (χ1v) is 9.48. The zero-order chi connectivity index (χ0) is 17.3. The highest BCUT2D eigenvalue weighted by Crippen LogP contribution is 2.25. The summed E-state index contributed by atoms with van der Waals surface area (Å²) in [4.78, 5) is 19.5. The Balaban J connectivity index is 2.15. The van der Waals surface area contributed by atoms with Crippen molar-refractivity contribution in [2.24, 2.45) is 0 Å². The second-order valence-corrected chi connectivity index (χ2v) is 8.94. The Morgan fingerprint density at radius 1 is 1.39 bits per heavy atom. The van der Waals surface area contributed by atoms with E-state index in [0.29, 0.717) is 16.6 Å². The molecule has 0 saturated carbocycles. The van der Waals surface area contributed by atoms with Crippen LogP contribution in [-0.2, 0) is 32.2 Å². The summed E-state index contributed by atoms with van der Waals surface area (Å²) >= 11 is 1.26. The van der Waals surface area contributed by atoms with E-state index in [1.165, 1.54) is 24.6 Å². The van der Waals surface area contributed by atoms with Crippen LogP contribution in [-0.4, -0.2) is 31.3 Å². The molecule has 9 heteroatoms. The number of carbonyl (C=O) groups excluding carboxylic acids is 1. The van der Waals surface area contributed by atoms with Gasteiger partial charge < -0.3 is 9.73 Å². The third-order valence-electron chi connectivity index (χ3n) is 2.96. The molecular formula is C14H19N3O4S2. The summed E-state index contributed by atoms with van der Waals surface area (Å²) in [5, 5.41) is 4.54. The van der Waals surface area contributed by atoms with Gasteiger partial charge in [-0.3, -0.25) is 4.79 Å². The van der Waals surface area contributed by atoms with Gasteiger partial charge in [-0.15, -0.1) is 11.3 Å². The Morgan fingerprint density at radius 3 is 2.65 bits per heavy atom. The van der Waals surface area contributed by atoms with Gasteiger partial charge >= 0.3 is 0 Å². The minimum atomic E-state index is -3.66. The highest BCUT2D eigenvalue weighted by atomic mass is 32.2. The Kier molecular flexibility index (Phi) is 4.90. The van der Waals surface area contributed by atoms with E-state index in [2.05, 4.69) is 15.3 Å². The maximum Gasteiger partial charge on any atom is 0.238 e. The van der Waals surface area contributed by atoms with Crippen molar-refractivity contribution in [3.8, 4) is 0 Å². The number of thiazole rings is 1. The van der Waals surface area contributed by atoms with Crippen LogP contribution < -0.4 is 5.32 Å². The lowest BCUT2D eigenvalue weighted by atomic mass is 9.97. The summed E-state index contributed by atoms with van der Waals surface area (Å²) in [6.07, 6.45) is 1.37. The zero-order valence-electron chi connectivity index (χ0n) is 13.4. The number of amides is 1. The number of rotatable bonds is 5. The van der Waals surface area contributed by atoms with Gasteiger partial charge in [0.2, 0.25) is 26.7 Å². The van der Waals surface area contributed by atoms with Crippen LogP contribution in [0, 0.1) is 0 Å². The van der Waals surface area contributed by atoms with Gasteiger partial charge in [-0.1, -0.05) is 20.8 Å². The first kappa shape index (κ1) is 17.6. The summed E-state index contributed by atoms with van der Waals surface area (Å²) in [6.45, 7) is 5.67. The van der Waals surface area contributed by atoms with Crippen LogP contribution >= 0.6 is 11.3 Å². The normalized spacial score (nSPS) is 12.3. The van der Waals surface area contributed by atoms with E-state index in [9.17, 15) is 13.2 Å². The van der Waals surface area contributed by atoms with Gasteiger partial charge in [-0.2, -0.15) is 0 Å². The Hall–Kier alpha value is -1.74. The molecule has 2 rings (SSSR count). The quantitative estimate of drug-likeness (QED) is 0.873. The van der Waals surface area contributed by atoms with Crippen LogP contribution in [0.3, 0.4) is 0 Å². The topological polar surface area (TPSA) is 102 Å². The smallest absolute Gasteiger partial charge is 0.238 e. The van der Waals surface area contributed by atoms with E-state index < -0.39 is 9.84 Å². The molecule has 2 aromatic rings. The van der Waals surface area contributed by atoms with E-state index in [1.807, 2.05) is 20.8 Å². The van der Waals surface area contributed by atoms with Crippen LogP contribution in [0.2, 0.25) is 0 Å². The number of likely N-dealkylation sites (N-methyl/N-ethyl adjacent to an activating group) is 1. The average Bonchev–Trinajstić information content (AvgIpc) is 3.07. The number of oxazole rings is 1. The molecule has 0 atom stereocenters. The average molecular weight is 357 g/mol. The van der Waals surface area contributed by atoms with Gasteiger partial charge in [0.15, 0.2) is 0 Å². The Labute approximate surface area is 139 Å². The van der Waals surface area contributed by atoms with Gasteiger partial charge in [0.25, 0.3) is 0 Å². The van der Waals surface area contributed by atoms with Crippen molar-refractivity contribution >= 4 is 27.1 Å². The lowest BCUT2D eigenvalue weighted by Gasteiger charge is -2.11. The van der Waals surface area contributed by atoms with E-state index in [0.717, 1.165) is 0 Å². The van der Waals surface area contributed by atoms with E-state index in [-0.39, 0.29) is 28.6 Å². The molecule has 0 bridgehead atoms. The molecule has 1 N–H and O–H groups in total. The number of nitrogens with zero attached hydrogens (tertiary/aromatic N) is 2. The van der Waals surface area contributed by atoms with Crippen LogP contribution in [0.4, 0.5) is 0 Å². The van der Waals surface area contributed by atoms with Gasteiger partial charge in [-0.05, 0) is 0 Å². The predicted molar refractivity (Wildman–Crippen MR) is 86.0 cm³/mol. The van der Waals surface area contributed by atoms with Gasteiger partial charge in [0.05, 0.1) is 18.3 Å². The molecule has 0 radical (unpaired) electrons. The summed E-state index contributed by atoms with van der Waals surface area (Å²) < 4.78 is 30.1. The van der Waals surface area contributed by atoms with Crippen molar-refractivity contribution in [1.82, 2.24) is 15.3 Å². The lowest BCUT2D eigenvalue weighted by molar-refractivity contribution is -0.119. The van der Waals surface area contributed by atoms with Crippen molar-refractivity contribution in [2.75, 3.05) is 7.05 Å². The maximum absolute atomic E-state index is 12.4. The highest BCUT2D eigenvalue weighted by molar-refractivity contribution is 7.90. The number of sulfone groups is 1. The van der Waals surface area contributed by atoms with Crippen LogP contribution in [0.1, 0.15) is 37.4 Å². The fraction of sp³-hybridized carbons (Fsp3) is 0.500. The first-order valence-electron chi connectivity index (χ1n) is 6.95. The largest absolute Gasteiger partial charge is 0.429 e. The summed E-state index contributed by atoms with van der Waals surface area (Å²) in [5.74, 6) is -0.0794. The number of hydrogen-bond donors (Lipinski definition) is 1. The fourth-order valence-electron chi connectivity index (χ4n) is 1.74. The van der Waals surface area contributed by atoms with Crippen LogP contribution in [0.15, 0.2) is 21.1 Å². The molecule has 0 unspecified atom stereocenters. The van der Waals surface area contributed by atoms with E-state index in [4.69, 9.17) is 4.42 Å². The number of carbonyl (C=O) groups is 1. The minimum absolute atomic E-state index is 0.137. The molecule has 2 heterocycles. The second-order valence-electron chi connectivity index (χ2n) is 6.08. The lowest BCUT2D eigenvalue weighted by Crippen LogP contribution is -2.19. The van der Waals surface area contributed by atoms with Gasteiger partial charge in [0, 0.05) is 17.8 Å². The Bertz CT molecular complexity index is 800. The molecule has 7 nitrogen and oxygen atoms in total. The number of hydrogen-bond acceptors (Lipinski definition) is 7. The Morgan fingerprint density at radius 2 is 2.09 bits per heavy atom. The molecule has 23 heavy (non-hydrogen) atoms. The van der Waals surface area contributed by atoms with E-state index >= 15 is 0 Å². The van der Waals surface area contributed by atoms with Gasteiger partial charge in [0.1, 0.15) is 10.8 Å². The van der Waals surface area contributed by atoms with Crippen molar-refractivity contribution < 1.29 is 17.6 Å². The van der Waals surface area contributed by atoms with Crippen molar-refractivity contribution in [3.63, 3.8) is 0 Å². The molecule has 0 spiro atoms. The van der Waals surface area contributed by atoms with Crippen molar-refractivity contribution in [1.29, 1.82) is 0 Å². The SMILES string of the molecule is CNC(=O)Cc1nc(CS(=O)(=O)c2cnc(C(C)(C)C)o2)cs1. The maximum atomic E-state index is 12.4. The zero-order valence-corrected chi connectivity index (χ0v) is 15.0. The fourth-order valence-corrected chi connectivity index (χ4v) is 3.73. The van der Waals surface area contributed by atoms with Crippen molar-refractivity contribution in [2.45, 2.75) is 43.5 Å².